The molecule has 168 valence electrons. The number of Topliss-reactive ketones (excluding diaryl/α,β-unsaturated/α-hetero) is 1. The molecule has 0 atom stereocenters. The Balaban J connectivity index is 1.62. The van der Waals surface area contributed by atoms with Crippen molar-refractivity contribution in [2.45, 2.75) is 33.5 Å². The number of aromatic nitrogens is 1. The number of ketones is 1. The number of carbonyl (C=O) groups is 2. The van der Waals surface area contributed by atoms with E-state index in [1.165, 1.54) is 13.1 Å². The quantitative estimate of drug-likeness (QED) is 0.313. The van der Waals surface area contributed by atoms with Crippen LogP contribution in [0.2, 0.25) is 0 Å². The molecule has 0 spiro atoms. The monoisotopic (exact) mass is 453 g/mol. The van der Waals surface area contributed by atoms with Crippen LogP contribution in [0.1, 0.15) is 46.4 Å². The summed E-state index contributed by atoms with van der Waals surface area (Å²) in [6.07, 6.45) is 1.43. The third-order valence-electron chi connectivity index (χ3n) is 4.30. The molecule has 0 radical (unpaired) electrons. The van der Waals surface area contributed by atoms with Gasteiger partial charge in [-0.3, -0.25) is 14.9 Å². The molecule has 1 aromatic heterocycles. The van der Waals surface area contributed by atoms with E-state index in [9.17, 15) is 9.59 Å². The molecule has 0 fully saturated rings. The number of anilines is 2. The smallest absolute Gasteiger partial charge is 0.257 e. The molecular weight excluding hydrogens is 426 g/mol. The fourth-order valence-electron chi connectivity index (χ4n) is 2.87. The molecule has 0 bridgehead atoms. The molecule has 1 heterocycles. The molecular formula is C24H27N3O4S. The van der Waals surface area contributed by atoms with Gasteiger partial charge in [0.2, 0.25) is 0 Å². The zero-order valence-corrected chi connectivity index (χ0v) is 19.2. The Kier molecular flexibility index (Phi) is 8.35. The van der Waals surface area contributed by atoms with Gasteiger partial charge in [-0.25, -0.2) is 4.98 Å². The van der Waals surface area contributed by atoms with Crippen LogP contribution in [0, 0.1) is 0 Å². The largest absolute Gasteiger partial charge is 0.491 e. The second-order valence-corrected chi connectivity index (χ2v) is 8.45. The van der Waals surface area contributed by atoms with Crippen LogP contribution in [0.5, 0.6) is 5.75 Å². The first kappa shape index (κ1) is 23.4. The summed E-state index contributed by atoms with van der Waals surface area (Å²) in [4.78, 5) is 28.8. The van der Waals surface area contributed by atoms with Crippen molar-refractivity contribution in [2.24, 2.45) is 0 Å². The van der Waals surface area contributed by atoms with Crippen LogP contribution >= 0.6 is 11.3 Å². The van der Waals surface area contributed by atoms with E-state index >= 15 is 0 Å². The van der Waals surface area contributed by atoms with Gasteiger partial charge in [0.15, 0.2) is 10.9 Å². The molecule has 8 heteroatoms. The Morgan fingerprint density at radius 1 is 1.12 bits per heavy atom. The molecule has 0 saturated carbocycles. The van der Waals surface area contributed by atoms with Gasteiger partial charge in [0.05, 0.1) is 30.4 Å². The van der Waals surface area contributed by atoms with Crippen LogP contribution in [-0.4, -0.2) is 35.9 Å². The van der Waals surface area contributed by atoms with E-state index in [0.29, 0.717) is 41.1 Å². The van der Waals surface area contributed by atoms with Gasteiger partial charge in [-0.2, -0.15) is 0 Å². The van der Waals surface area contributed by atoms with Gasteiger partial charge in [-0.1, -0.05) is 41.7 Å². The van der Waals surface area contributed by atoms with Crippen LogP contribution in [0.15, 0.2) is 54.7 Å². The summed E-state index contributed by atoms with van der Waals surface area (Å²) in [6.45, 7) is 6.95. The van der Waals surface area contributed by atoms with Crippen molar-refractivity contribution in [3.63, 3.8) is 0 Å². The maximum absolute atomic E-state index is 12.8. The molecule has 7 nitrogen and oxygen atoms in total. The van der Waals surface area contributed by atoms with E-state index in [4.69, 9.17) is 9.47 Å². The minimum Gasteiger partial charge on any atom is -0.491 e. The number of amides is 1. The molecule has 2 aromatic carbocycles. The first-order valence-corrected chi connectivity index (χ1v) is 11.2. The van der Waals surface area contributed by atoms with Gasteiger partial charge < -0.3 is 14.8 Å². The van der Waals surface area contributed by atoms with Crippen molar-refractivity contribution >= 4 is 33.8 Å². The molecule has 32 heavy (non-hydrogen) atoms. The van der Waals surface area contributed by atoms with Gasteiger partial charge in [-0.05, 0) is 31.5 Å². The number of hydrogen-bond donors (Lipinski definition) is 2. The number of thiazole rings is 1. The Labute approximate surface area is 191 Å². The highest BCUT2D eigenvalue weighted by molar-refractivity contribution is 7.17. The van der Waals surface area contributed by atoms with E-state index in [2.05, 4.69) is 15.6 Å². The summed E-state index contributed by atoms with van der Waals surface area (Å²) in [7, 11) is 0. The number of benzene rings is 2. The first-order chi connectivity index (χ1) is 15.4. The zero-order valence-electron chi connectivity index (χ0n) is 18.4. The zero-order chi connectivity index (χ0) is 22.9. The number of nitrogens with zero attached hydrogens (tertiary/aromatic N) is 1. The average Bonchev–Trinajstić information content (AvgIpc) is 3.22. The minimum absolute atomic E-state index is 0.0348. The Hall–Kier alpha value is -3.23. The Morgan fingerprint density at radius 2 is 1.91 bits per heavy atom. The normalized spacial score (nSPS) is 10.8. The average molecular weight is 454 g/mol. The standard InChI is InChI=1S/C24H27N3O4S/c1-16(2)31-21-12-19(23(29)27-24-26-14-22(32-24)17(3)28)11-20(13-21)25-9-10-30-15-18-7-5-4-6-8-18/h4-8,11-14,16,25H,9-10,15H2,1-3H3,(H,26,27,29). The number of rotatable bonds is 11. The van der Waals surface area contributed by atoms with Crippen LogP contribution in [0.3, 0.4) is 0 Å². The fraction of sp³-hybridized carbons (Fsp3) is 0.292. The summed E-state index contributed by atoms with van der Waals surface area (Å²) in [5.74, 6) is 0.173. The van der Waals surface area contributed by atoms with Gasteiger partial charge in [0.1, 0.15) is 5.75 Å². The molecule has 2 N–H and O–H groups in total. The second kappa shape index (κ2) is 11.4. The topological polar surface area (TPSA) is 89.6 Å². The lowest BCUT2D eigenvalue weighted by atomic mass is 10.1. The third kappa shape index (κ3) is 7.18. The SMILES string of the molecule is CC(=O)c1cnc(NC(=O)c2cc(NCCOCc3ccccc3)cc(OC(C)C)c2)s1. The fourth-order valence-corrected chi connectivity index (χ4v) is 3.57. The molecule has 1 amide bonds. The molecule has 0 saturated heterocycles. The number of hydrogen-bond acceptors (Lipinski definition) is 7. The molecule has 3 rings (SSSR count). The summed E-state index contributed by atoms with van der Waals surface area (Å²) in [5.41, 5.74) is 2.30. The molecule has 0 aliphatic heterocycles. The van der Waals surface area contributed by atoms with Crippen molar-refractivity contribution in [3.8, 4) is 5.75 Å². The number of carbonyl (C=O) groups excluding carboxylic acids is 2. The van der Waals surface area contributed by atoms with Crippen LogP contribution in [-0.2, 0) is 11.3 Å². The van der Waals surface area contributed by atoms with Gasteiger partial charge in [0, 0.05) is 30.8 Å². The Bertz CT molecular complexity index is 1050. The predicted molar refractivity (Wildman–Crippen MR) is 127 cm³/mol. The Morgan fingerprint density at radius 3 is 2.59 bits per heavy atom. The van der Waals surface area contributed by atoms with E-state index < -0.39 is 0 Å². The van der Waals surface area contributed by atoms with E-state index in [1.807, 2.05) is 50.2 Å². The lowest BCUT2D eigenvalue weighted by Gasteiger charge is -2.14. The number of nitrogens with one attached hydrogen (secondary N) is 2. The molecule has 0 aliphatic carbocycles. The van der Waals surface area contributed by atoms with Crippen LogP contribution in [0.4, 0.5) is 10.8 Å². The first-order valence-electron chi connectivity index (χ1n) is 10.4. The van der Waals surface area contributed by atoms with Crippen molar-refractivity contribution in [1.29, 1.82) is 0 Å². The van der Waals surface area contributed by atoms with Gasteiger partial charge in [-0.15, -0.1) is 0 Å². The van der Waals surface area contributed by atoms with Gasteiger partial charge >= 0.3 is 0 Å². The molecule has 0 unspecified atom stereocenters. The molecule has 0 aliphatic rings. The van der Waals surface area contributed by atoms with E-state index in [-0.39, 0.29) is 17.8 Å². The second-order valence-electron chi connectivity index (χ2n) is 7.42. The number of ether oxygens (including phenoxy) is 2. The lowest BCUT2D eigenvalue weighted by Crippen LogP contribution is -2.15. The van der Waals surface area contributed by atoms with Crippen molar-refractivity contribution < 1.29 is 19.1 Å². The summed E-state index contributed by atoms with van der Waals surface area (Å²) >= 11 is 1.14. The summed E-state index contributed by atoms with van der Waals surface area (Å²) in [5, 5.41) is 6.40. The third-order valence-corrected chi connectivity index (χ3v) is 5.31. The van der Waals surface area contributed by atoms with Crippen LogP contribution < -0.4 is 15.4 Å². The van der Waals surface area contributed by atoms with Crippen molar-refractivity contribution in [3.05, 3.63) is 70.7 Å². The maximum Gasteiger partial charge on any atom is 0.257 e. The van der Waals surface area contributed by atoms with E-state index in [0.717, 1.165) is 22.6 Å². The van der Waals surface area contributed by atoms with Crippen molar-refractivity contribution in [2.75, 3.05) is 23.8 Å². The lowest BCUT2D eigenvalue weighted by molar-refractivity contribution is 0.101. The van der Waals surface area contributed by atoms with E-state index in [1.54, 1.807) is 12.1 Å². The summed E-state index contributed by atoms with van der Waals surface area (Å²) < 4.78 is 11.5. The highest BCUT2D eigenvalue weighted by Crippen LogP contribution is 2.24. The van der Waals surface area contributed by atoms with Crippen LogP contribution in [0.25, 0.3) is 0 Å². The predicted octanol–water partition coefficient (Wildman–Crippen LogP) is 5.01. The molecule has 3 aromatic rings. The van der Waals surface area contributed by atoms with Crippen molar-refractivity contribution in [1.82, 2.24) is 4.98 Å². The minimum atomic E-state index is -0.327. The maximum atomic E-state index is 12.8. The summed E-state index contributed by atoms with van der Waals surface area (Å²) in [6, 6.07) is 15.3. The van der Waals surface area contributed by atoms with Gasteiger partial charge in [0.25, 0.3) is 5.91 Å². The highest BCUT2D eigenvalue weighted by atomic mass is 32.1. The highest BCUT2D eigenvalue weighted by Gasteiger charge is 2.14.